The molecule has 19 heavy (non-hydrogen) atoms. The fraction of sp³-hybridized carbons (Fsp3) is 0.417. The highest BCUT2D eigenvalue weighted by molar-refractivity contribution is 9.10. The lowest BCUT2D eigenvalue weighted by atomic mass is 10.3. The van der Waals surface area contributed by atoms with Gasteiger partial charge in [-0.15, -0.1) is 11.3 Å². The summed E-state index contributed by atoms with van der Waals surface area (Å²) in [6.45, 7) is 5.84. The van der Waals surface area contributed by atoms with Crippen molar-refractivity contribution >= 4 is 33.0 Å². The van der Waals surface area contributed by atoms with Crippen LogP contribution >= 0.6 is 27.3 Å². The average molecular weight is 343 g/mol. The van der Waals surface area contributed by atoms with Gasteiger partial charge >= 0.3 is 0 Å². The van der Waals surface area contributed by atoms with Crippen LogP contribution < -0.4 is 10.9 Å². The molecule has 0 aromatic carbocycles. The molecule has 2 aromatic heterocycles. The molecule has 0 radical (unpaired) electrons. The molecule has 1 unspecified atom stereocenters. The lowest BCUT2D eigenvalue weighted by molar-refractivity contribution is 0.501. The summed E-state index contributed by atoms with van der Waals surface area (Å²) in [6, 6.07) is 0.0710. The SMILES string of the molecule is CC(Nc1cnn(C(C)C)c(=O)c1Br)c1nccs1. The average Bonchev–Trinajstić information content (AvgIpc) is 2.88. The lowest BCUT2D eigenvalue weighted by Crippen LogP contribution is -2.26. The smallest absolute Gasteiger partial charge is 0.283 e. The first-order chi connectivity index (χ1) is 9.00. The van der Waals surface area contributed by atoms with Crippen molar-refractivity contribution in [1.29, 1.82) is 0 Å². The van der Waals surface area contributed by atoms with Crippen LogP contribution in [0.25, 0.3) is 0 Å². The van der Waals surface area contributed by atoms with Gasteiger partial charge in [0, 0.05) is 11.6 Å². The Morgan fingerprint density at radius 2 is 2.16 bits per heavy atom. The number of aromatic nitrogens is 3. The van der Waals surface area contributed by atoms with Gasteiger partial charge in [-0.1, -0.05) is 0 Å². The van der Waals surface area contributed by atoms with Crippen molar-refractivity contribution < 1.29 is 0 Å². The standard InChI is InChI=1S/C12H15BrN4OS/c1-7(2)17-12(18)10(13)9(6-15-17)16-8(3)11-14-4-5-19-11/h4-8,16H,1-3H3. The van der Waals surface area contributed by atoms with Crippen LogP contribution in [0, 0.1) is 0 Å². The van der Waals surface area contributed by atoms with Crippen LogP contribution in [0.4, 0.5) is 5.69 Å². The molecule has 0 spiro atoms. The molecule has 0 amide bonds. The second kappa shape index (κ2) is 5.83. The molecule has 0 bridgehead atoms. The summed E-state index contributed by atoms with van der Waals surface area (Å²) in [4.78, 5) is 16.3. The Labute approximate surface area is 123 Å². The van der Waals surface area contributed by atoms with E-state index in [4.69, 9.17) is 0 Å². The third kappa shape index (κ3) is 3.03. The molecule has 0 saturated carbocycles. The Bertz CT molecular complexity index is 609. The third-order valence-electron chi connectivity index (χ3n) is 2.63. The third-order valence-corrected chi connectivity index (χ3v) is 4.35. The number of halogens is 1. The minimum absolute atomic E-state index is 0.0346. The maximum atomic E-state index is 12.1. The summed E-state index contributed by atoms with van der Waals surface area (Å²) in [7, 11) is 0. The summed E-state index contributed by atoms with van der Waals surface area (Å²) in [5, 5.41) is 10.3. The van der Waals surface area contributed by atoms with Gasteiger partial charge in [-0.3, -0.25) is 4.79 Å². The van der Waals surface area contributed by atoms with Gasteiger partial charge in [0.15, 0.2) is 0 Å². The lowest BCUT2D eigenvalue weighted by Gasteiger charge is -2.15. The van der Waals surface area contributed by atoms with Crippen molar-refractivity contribution in [3.8, 4) is 0 Å². The van der Waals surface area contributed by atoms with E-state index in [2.05, 4.69) is 31.3 Å². The Morgan fingerprint density at radius 1 is 1.42 bits per heavy atom. The van der Waals surface area contributed by atoms with Gasteiger partial charge < -0.3 is 5.32 Å². The first-order valence-corrected chi connectivity index (χ1v) is 7.61. The van der Waals surface area contributed by atoms with Gasteiger partial charge in [0.2, 0.25) is 0 Å². The van der Waals surface area contributed by atoms with Crippen molar-refractivity contribution in [2.45, 2.75) is 32.9 Å². The summed E-state index contributed by atoms with van der Waals surface area (Å²) in [5.74, 6) is 0. The van der Waals surface area contributed by atoms with Gasteiger partial charge in [0.25, 0.3) is 5.56 Å². The van der Waals surface area contributed by atoms with E-state index in [1.165, 1.54) is 4.68 Å². The number of thiazole rings is 1. The second-order valence-corrected chi connectivity index (χ2v) is 6.17. The molecule has 2 aromatic rings. The molecule has 2 rings (SSSR count). The molecular weight excluding hydrogens is 328 g/mol. The highest BCUT2D eigenvalue weighted by atomic mass is 79.9. The zero-order chi connectivity index (χ0) is 14.0. The van der Waals surface area contributed by atoms with E-state index in [1.54, 1.807) is 23.7 Å². The summed E-state index contributed by atoms with van der Waals surface area (Å²) in [6.07, 6.45) is 3.43. The minimum Gasteiger partial charge on any atom is -0.374 e. The number of anilines is 1. The van der Waals surface area contributed by atoms with Crippen LogP contribution in [0.3, 0.4) is 0 Å². The van der Waals surface area contributed by atoms with Crippen molar-refractivity contribution in [1.82, 2.24) is 14.8 Å². The van der Waals surface area contributed by atoms with E-state index in [1.807, 2.05) is 26.2 Å². The molecule has 1 atom stereocenters. The van der Waals surface area contributed by atoms with Gasteiger partial charge in [-0.05, 0) is 36.7 Å². The molecular formula is C12H15BrN4OS. The number of nitrogens with one attached hydrogen (secondary N) is 1. The number of rotatable bonds is 4. The molecule has 2 heterocycles. The predicted molar refractivity (Wildman–Crippen MR) is 80.7 cm³/mol. The first kappa shape index (κ1) is 14.2. The molecule has 0 aliphatic heterocycles. The Kier molecular flexibility index (Phi) is 4.36. The molecule has 1 N–H and O–H groups in total. The van der Waals surface area contributed by atoms with Crippen molar-refractivity contribution in [3.63, 3.8) is 0 Å². The molecule has 0 aliphatic rings. The molecule has 0 fully saturated rings. The van der Waals surface area contributed by atoms with E-state index < -0.39 is 0 Å². The second-order valence-electron chi connectivity index (χ2n) is 4.45. The predicted octanol–water partition coefficient (Wildman–Crippen LogP) is 3.22. The molecule has 5 nitrogen and oxygen atoms in total. The fourth-order valence-electron chi connectivity index (χ4n) is 1.66. The van der Waals surface area contributed by atoms with Crippen LogP contribution in [-0.2, 0) is 0 Å². The van der Waals surface area contributed by atoms with Gasteiger partial charge in [0.05, 0.1) is 24.0 Å². The number of hydrogen-bond acceptors (Lipinski definition) is 5. The van der Waals surface area contributed by atoms with Gasteiger partial charge in [-0.2, -0.15) is 5.10 Å². The number of nitrogens with zero attached hydrogens (tertiary/aromatic N) is 3. The van der Waals surface area contributed by atoms with Crippen LogP contribution in [-0.4, -0.2) is 14.8 Å². The topological polar surface area (TPSA) is 59.8 Å². The highest BCUT2D eigenvalue weighted by Gasteiger charge is 2.14. The largest absolute Gasteiger partial charge is 0.374 e. The minimum atomic E-state index is -0.133. The van der Waals surface area contributed by atoms with Crippen LogP contribution in [0.5, 0.6) is 0 Å². The maximum absolute atomic E-state index is 12.1. The molecule has 0 aliphatic carbocycles. The van der Waals surface area contributed by atoms with Crippen LogP contribution in [0.1, 0.15) is 37.9 Å². The fourth-order valence-corrected chi connectivity index (χ4v) is 2.70. The van der Waals surface area contributed by atoms with Crippen molar-refractivity contribution in [3.05, 3.63) is 37.6 Å². The van der Waals surface area contributed by atoms with Gasteiger partial charge in [-0.25, -0.2) is 9.67 Å². The molecule has 7 heteroatoms. The Morgan fingerprint density at radius 3 is 2.74 bits per heavy atom. The van der Waals surface area contributed by atoms with Gasteiger partial charge in [0.1, 0.15) is 9.48 Å². The van der Waals surface area contributed by atoms with Crippen molar-refractivity contribution in [2.75, 3.05) is 5.32 Å². The summed E-state index contributed by atoms with van der Waals surface area (Å²) >= 11 is 4.91. The zero-order valence-corrected chi connectivity index (χ0v) is 13.3. The van der Waals surface area contributed by atoms with E-state index >= 15 is 0 Å². The van der Waals surface area contributed by atoms with E-state index in [-0.39, 0.29) is 17.6 Å². The van der Waals surface area contributed by atoms with E-state index in [0.29, 0.717) is 10.2 Å². The maximum Gasteiger partial charge on any atom is 0.283 e. The van der Waals surface area contributed by atoms with Crippen LogP contribution in [0.15, 0.2) is 27.0 Å². The first-order valence-electron chi connectivity index (χ1n) is 5.94. The molecule has 0 saturated heterocycles. The quantitative estimate of drug-likeness (QED) is 0.926. The van der Waals surface area contributed by atoms with E-state index in [0.717, 1.165) is 5.01 Å². The van der Waals surface area contributed by atoms with Crippen molar-refractivity contribution in [2.24, 2.45) is 0 Å². The Balaban J connectivity index is 2.27. The normalized spacial score (nSPS) is 12.7. The Hall–Kier alpha value is -1.21. The summed E-state index contributed by atoms with van der Waals surface area (Å²) < 4.78 is 1.95. The number of hydrogen-bond donors (Lipinski definition) is 1. The highest BCUT2D eigenvalue weighted by Crippen LogP contribution is 2.24. The molecule has 102 valence electrons. The monoisotopic (exact) mass is 342 g/mol. The summed E-state index contributed by atoms with van der Waals surface area (Å²) in [5.41, 5.74) is 0.552. The van der Waals surface area contributed by atoms with E-state index in [9.17, 15) is 4.79 Å². The zero-order valence-electron chi connectivity index (χ0n) is 10.9. The van der Waals surface area contributed by atoms with Crippen LogP contribution in [0.2, 0.25) is 0 Å².